The molecule has 1 saturated heterocycles. The van der Waals surface area contributed by atoms with Crippen LogP contribution >= 0.6 is 0 Å². The van der Waals surface area contributed by atoms with Crippen LogP contribution in [0.5, 0.6) is 17.2 Å². The van der Waals surface area contributed by atoms with E-state index in [0.717, 1.165) is 31.6 Å². The van der Waals surface area contributed by atoms with Crippen LogP contribution in [0.25, 0.3) is 0 Å². The molecule has 1 fully saturated rings. The van der Waals surface area contributed by atoms with Gasteiger partial charge in [0.05, 0.1) is 18.9 Å². The number of methoxy groups -OCH3 is 1. The number of anilines is 2. The SMILES string of the molecule is C#Cc1cc(Oc2cnc(NC3CCOCC3)nc2N)c(C(C)C)cc1OC. The Hall–Kier alpha value is -2.98. The fourth-order valence-corrected chi connectivity index (χ4v) is 3.07. The van der Waals surface area contributed by atoms with E-state index in [2.05, 4.69) is 35.1 Å². The van der Waals surface area contributed by atoms with Gasteiger partial charge in [-0.25, -0.2) is 4.98 Å². The lowest BCUT2D eigenvalue weighted by atomic mass is 9.99. The molecule has 0 atom stereocenters. The molecule has 0 spiro atoms. The second-order valence-corrected chi connectivity index (χ2v) is 6.97. The maximum absolute atomic E-state index is 6.12. The summed E-state index contributed by atoms with van der Waals surface area (Å²) in [5.74, 6) is 5.20. The highest BCUT2D eigenvalue weighted by Crippen LogP contribution is 2.37. The van der Waals surface area contributed by atoms with Crippen LogP contribution < -0.4 is 20.5 Å². The first-order valence-corrected chi connectivity index (χ1v) is 9.35. The Labute approximate surface area is 165 Å². The Kier molecular flexibility index (Phi) is 6.22. The van der Waals surface area contributed by atoms with Crippen molar-refractivity contribution in [3.05, 3.63) is 29.5 Å². The minimum atomic E-state index is 0.201. The van der Waals surface area contributed by atoms with E-state index < -0.39 is 0 Å². The number of benzene rings is 1. The standard InChI is InChI=1S/C21H26N4O3/c1-5-14-10-18(16(13(2)3)11-17(14)26-4)28-19-12-23-21(25-20(19)22)24-15-6-8-27-9-7-15/h1,10-13,15H,6-9H2,2-4H3,(H3,22,23,24,25). The summed E-state index contributed by atoms with van der Waals surface area (Å²) in [4.78, 5) is 8.69. The zero-order valence-electron chi connectivity index (χ0n) is 16.5. The lowest BCUT2D eigenvalue weighted by Crippen LogP contribution is -2.28. The van der Waals surface area contributed by atoms with Crippen molar-refractivity contribution in [2.75, 3.05) is 31.4 Å². The monoisotopic (exact) mass is 382 g/mol. The predicted molar refractivity (Wildman–Crippen MR) is 109 cm³/mol. The minimum absolute atomic E-state index is 0.201. The average molecular weight is 382 g/mol. The normalized spacial score (nSPS) is 14.5. The predicted octanol–water partition coefficient (Wildman–Crippen LogP) is 3.56. The van der Waals surface area contributed by atoms with E-state index in [9.17, 15) is 0 Å². The fourth-order valence-electron chi connectivity index (χ4n) is 3.07. The molecule has 28 heavy (non-hydrogen) atoms. The van der Waals surface area contributed by atoms with Crippen molar-refractivity contribution in [3.63, 3.8) is 0 Å². The van der Waals surface area contributed by atoms with E-state index in [1.807, 2.05) is 6.07 Å². The molecule has 0 radical (unpaired) electrons. The van der Waals surface area contributed by atoms with Gasteiger partial charge in [-0.2, -0.15) is 4.98 Å². The van der Waals surface area contributed by atoms with Crippen LogP contribution in [0, 0.1) is 12.3 Å². The summed E-state index contributed by atoms with van der Waals surface area (Å²) >= 11 is 0. The summed E-state index contributed by atoms with van der Waals surface area (Å²) in [7, 11) is 1.59. The number of nitrogens with one attached hydrogen (secondary N) is 1. The summed E-state index contributed by atoms with van der Waals surface area (Å²) in [5.41, 5.74) is 7.69. The molecule has 3 N–H and O–H groups in total. The molecule has 1 aliphatic rings. The first-order chi connectivity index (χ1) is 13.5. The number of terminal acetylenes is 1. The summed E-state index contributed by atoms with van der Waals surface area (Å²) in [6, 6.07) is 3.96. The van der Waals surface area contributed by atoms with Crippen molar-refractivity contribution in [1.82, 2.24) is 9.97 Å². The maximum Gasteiger partial charge on any atom is 0.225 e. The third-order valence-corrected chi connectivity index (χ3v) is 4.67. The van der Waals surface area contributed by atoms with Gasteiger partial charge >= 0.3 is 0 Å². The molecular formula is C21H26N4O3. The second kappa shape index (κ2) is 8.81. The van der Waals surface area contributed by atoms with E-state index in [1.165, 1.54) is 0 Å². The highest BCUT2D eigenvalue weighted by atomic mass is 16.5. The first-order valence-electron chi connectivity index (χ1n) is 9.35. The Morgan fingerprint density at radius 1 is 1.25 bits per heavy atom. The molecule has 0 amide bonds. The fraction of sp³-hybridized carbons (Fsp3) is 0.429. The summed E-state index contributed by atoms with van der Waals surface area (Å²) in [5, 5.41) is 3.29. The van der Waals surface area contributed by atoms with Gasteiger partial charge in [-0.3, -0.25) is 0 Å². The molecule has 2 heterocycles. The van der Waals surface area contributed by atoms with Crippen molar-refractivity contribution in [1.29, 1.82) is 0 Å². The Morgan fingerprint density at radius 3 is 2.61 bits per heavy atom. The van der Waals surface area contributed by atoms with Gasteiger partial charge in [0.1, 0.15) is 11.5 Å². The van der Waals surface area contributed by atoms with Gasteiger partial charge in [-0.15, -0.1) is 6.42 Å². The molecule has 0 bridgehead atoms. The molecular weight excluding hydrogens is 356 g/mol. The van der Waals surface area contributed by atoms with Crippen molar-refractivity contribution in [2.24, 2.45) is 0 Å². The molecule has 7 heteroatoms. The van der Waals surface area contributed by atoms with Crippen LogP contribution in [0.15, 0.2) is 18.3 Å². The van der Waals surface area contributed by atoms with Gasteiger partial charge in [0.15, 0.2) is 11.6 Å². The Bertz CT molecular complexity index is 871. The molecule has 0 unspecified atom stereocenters. The number of aromatic nitrogens is 2. The summed E-state index contributed by atoms with van der Waals surface area (Å²) in [6.07, 6.45) is 9.01. The molecule has 1 aliphatic heterocycles. The Morgan fingerprint density at radius 2 is 2.00 bits per heavy atom. The molecule has 0 aliphatic carbocycles. The average Bonchev–Trinajstić information content (AvgIpc) is 2.70. The molecule has 7 nitrogen and oxygen atoms in total. The quantitative estimate of drug-likeness (QED) is 0.738. The van der Waals surface area contributed by atoms with Crippen LogP contribution in [0.2, 0.25) is 0 Å². The summed E-state index contributed by atoms with van der Waals surface area (Å²) in [6.45, 7) is 5.61. The molecule has 148 valence electrons. The number of ether oxygens (including phenoxy) is 3. The molecule has 3 rings (SSSR count). The van der Waals surface area contributed by atoms with Crippen molar-refractivity contribution in [2.45, 2.75) is 38.6 Å². The molecule has 1 aromatic carbocycles. The molecule has 1 aromatic heterocycles. The number of rotatable bonds is 6. The number of hydrogen-bond acceptors (Lipinski definition) is 7. The third-order valence-electron chi connectivity index (χ3n) is 4.67. The van der Waals surface area contributed by atoms with E-state index in [1.54, 1.807) is 19.4 Å². The number of nitrogens with two attached hydrogens (primary N) is 1. The lowest BCUT2D eigenvalue weighted by molar-refractivity contribution is 0.0903. The second-order valence-electron chi connectivity index (χ2n) is 6.97. The van der Waals surface area contributed by atoms with E-state index in [-0.39, 0.29) is 17.8 Å². The van der Waals surface area contributed by atoms with Crippen LogP contribution in [-0.4, -0.2) is 36.3 Å². The zero-order chi connectivity index (χ0) is 20.1. The minimum Gasteiger partial charge on any atom is -0.495 e. The van der Waals surface area contributed by atoms with Gasteiger partial charge in [-0.1, -0.05) is 19.8 Å². The van der Waals surface area contributed by atoms with Gasteiger partial charge in [0.2, 0.25) is 5.95 Å². The van der Waals surface area contributed by atoms with E-state index in [4.69, 9.17) is 26.4 Å². The van der Waals surface area contributed by atoms with Gasteiger partial charge in [0.25, 0.3) is 0 Å². The number of nitrogen functional groups attached to an aromatic ring is 1. The smallest absolute Gasteiger partial charge is 0.225 e. The third kappa shape index (κ3) is 4.46. The Balaban J connectivity index is 1.84. The topological polar surface area (TPSA) is 91.5 Å². The lowest BCUT2D eigenvalue weighted by Gasteiger charge is -2.23. The summed E-state index contributed by atoms with van der Waals surface area (Å²) < 4.78 is 16.8. The highest BCUT2D eigenvalue weighted by Gasteiger charge is 2.18. The zero-order valence-corrected chi connectivity index (χ0v) is 16.5. The van der Waals surface area contributed by atoms with Crippen molar-refractivity contribution < 1.29 is 14.2 Å². The molecule has 2 aromatic rings. The number of nitrogens with zero attached hydrogens (tertiary/aromatic N) is 2. The van der Waals surface area contributed by atoms with Crippen LogP contribution in [-0.2, 0) is 4.74 Å². The van der Waals surface area contributed by atoms with Crippen molar-refractivity contribution in [3.8, 4) is 29.6 Å². The van der Waals surface area contributed by atoms with E-state index in [0.29, 0.717) is 28.8 Å². The van der Waals surface area contributed by atoms with Gasteiger partial charge in [0, 0.05) is 30.9 Å². The first kappa shape index (κ1) is 19.8. The highest BCUT2D eigenvalue weighted by molar-refractivity contribution is 5.57. The van der Waals surface area contributed by atoms with Gasteiger partial charge < -0.3 is 25.3 Å². The maximum atomic E-state index is 6.12. The van der Waals surface area contributed by atoms with Crippen molar-refractivity contribution >= 4 is 11.8 Å². The van der Waals surface area contributed by atoms with Gasteiger partial charge in [-0.05, 0) is 24.8 Å². The van der Waals surface area contributed by atoms with Crippen LogP contribution in [0.4, 0.5) is 11.8 Å². The number of hydrogen-bond donors (Lipinski definition) is 2. The van der Waals surface area contributed by atoms with Crippen LogP contribution in [0.3, 0.4) is 0 Å². The largest absolute Gasteiger partial charge is 0.495 e. The van der Waals surface area contributed by atoms with Crippen LogP contribution in [0.1, 0.15) is 43.7 Å². The van der Waals surface area contributed by atoms with E-state index >= 15 is 0 Å². The molecule has 0 saturated carbocycles.